The maximum atomic E-state index is 14.5. The Morgan fingerprint density at radius 2 is 1.82 bits per heavy atom. The molecule has 0 spiro atoms. The summed E-state index contributed by atoms with van der Waals surface area (Å²) < 4.78 is 18.3. The minimum Gasteiger partial charge on any atom is -0.334 e. The molecule has 0 bridgehead atoms. The first-order chi connectivity index (χ1) is 10.6. The zero-order chi connectivity index (χ0) is 15.4. The average Bonchev–Trinajstić information content (AvgIpc) is 3.02. The molecule has 0 atom stereocenters. The normalized spacial score (nSPS) is 11.6. The molecule has 0 radical (unpaired) electrons. The summed E-state index contributed by atoms with van der Waals surface area (Å²) in [5.41, 5.74) is 4.94. The van der Waals surface area contributed by atoms with E-state index in [1.165, 1.54) is 6.07 Å². The number of aryl methyl sites for hydroxylation is 3. The highest BCUT2D eigenvalue weighted by atomic mass is 19.1. The third kappa shape index (κ3) is 1.62. The molecule has 0 aliphatic carbocycles. The number of fused-ring (bicyclic) bond motifs is 2. The van der Waals surface area contributed by atoms with Crippen LogP contribution in [-0.2, 0) is 14.1 Å². The van der Waals surface area contributed by atoms with E-state index >= 15 is 0 Å². The Labute approximate surface area is 126 Å². The van der Waals surface area contributed by atoms with Crippen LogP contribution < -0.4 is 0 Å². The van der Waals surface area contributed by atoms with Gasteiger partial charge in [0.15, 0.2) is 0 Å². The van der Waals surface area contributed by atoms with Crippen LogP contribution in [0.3, 0.4) is 0 Å². The van der Waals surface area contributed by atoms with Gasteiger partial charge in [-0.1, -0.05) is 12.1 Å². The molecule has 5 heteroatoms. The van der Waals surface area contributed by atoms with Crippen molar-refractivity contribution in [2.75, 3.05) is 0 Å². The first-order valence-electron chi connectivity index (χ1n) is 7.10. The van der Waals surface area contributed by atoms with E-state index in [0.717, 1.165) is 22.1 Å². The summed E-state index contributed by atoms with van der Waals surface area (Å²) in [5.74, 6) is 0.299. The Morgan fingerprint density at radius 1 is 1.00 bits per heavy atom. The third-order valence-electron chi connectivity index (χ3n) is 4.18. The summed E-state index contributed by atoms with van der Waals surface area (Å²) in [6.07, 6.45) is 1.70. The molecular formula is C17H15FN4. The molecule has 2 aromatic carbocycles. The van der Waals surface area contributed by atoms with Crippen molar-refractivity contribution in [2.45, 2.75) is 6.92 Å². The molecule has 0 fully saturated rings. The van der Waals surface area contributed by atoms with Gasteiger partial charge in [0.1, 0.15) is 17.2 Å². The first kappa shape index (κ1) is 13.0. The number of nitrogens with zero attached hydrogens (tertiary/aromatic N) is 4. The Kier molecular flexibility index (Phi) is 2.60. The van der Waals surface area contributed by atoms with E-state index in [0.29, 0.717) is 16.9 Å². The molecule has 0 aliphatic heterocycles. The van der Waals surface area contributed by atoms with E-state index < -0.39 is 0 Å². The zero-order valence-corrected chi connectivity index (χ0v) is 12.6. The van der Waals surface area contributed by atoms with Crippen molar-refractivity contribution in [3.63, 3.8) is 0 Å². The summed E-state index contributed by atoms with van der Waals surface area (Å²) in [6.45, 7) is 2.01. The smallest absolute Gasteiger partial charge is 0.146 e. The minimum absolute atomic E-state index is 0.303. The lowest BCUT2D eigenvalue weighted by atomic mass is 10.1. The molecule has 22 heavy (non-hydrogen) atoms. The molecule has 4 rings (SSSR count). The van der Waals surface area contributed by atoms with E-state index in [9.17, 15) is 4.39 Å². The van der Waals surface area contributed by atoms with Gasteiger partial charge >= 0.3 is 0 Å². The monoisotopic (exact) mass is 294 g/mol. The fourth-order valence-electron chi connectivity index (χ4n) is 2.97. The van der Waals surface area contributed by atoms with Gasteiger partial charge < -0.3 is 9.13 Å². The van der Waals surface area contributed by atoms with E-state index in [2.05, 4.69) is 9.97 Å². The lowest BCUT2D eigenvalue weighted by Crippen LogP contribution is -1.96. The molecule has 110 valence electrons. The zero-order valence-electron chi connectivity index (χ0n) is 12.6. The van der Waals surface area contributed by atoms with Crippen molar-refractivity contribution in [3.05, 3.63) is 48.0 Å². The van der Waals surface area contributed by atoms with E-state index in [-0.39, 0.29) is 5.82 Å². The molecule has 0 aliphatic rings. The van der Waals surface area contributed by atoms with Crippen molar-refractivity contribution < 1.29 is 4.39 Å². The van der Waals surface area contributed by atoms with Gasteiger partial charge in [0.2, 0.25) is 0 Å². The second kappa shape index (κ2) is 4.40. The molecule has 4 aromatic rings. The van der Waals surface area contributed by atoms with E-state index in [1.807, 2.05) is 48.4 Å². The summed E-state index contributed by atoms with van der Waals surface area (Å²) in [7, 11) is 3.81. The molecule has 0 N–H and O–H groups in total. The largest absolute Gasteiger partial charge is 0.334 e. The SMILES string of the molecule is Cc1cccc2c1nc(-c1c(F)ccc3c1ncn3C)n2C. The van der Waals surface area contributed by atoms with Crippen molar-refractivity contribution >= 4 is 22.1 Å². The minimum atomic E-state index is -0.303. The van der Waals surface area contributed by atoms with Crippen LogP contribution in [0.2, 0.25) is 0 Å². The maximum Gasteiger partial charge on any atom is 0.146 e. The first-order valence-corrected chi connectivity index (χ1v) is 7.10. The Morgan fingerprint density at radius 3 is 2.59 bits per heavy atom. The lowest BCUT2D eigenvalue weighted by Gasteiger charge is -2.05. The topological polar surface area (TPSA) is 35.6 Å². The van der Waals surface area contributed by atoms with Gasteiger partial charge in [0, 0.05) is 14.1 Å². The number of hydrogen-bond donors (Lipinski definition) is 0. The van der Waals surface area contributed by atoms with Crippen LogP contribution in [0.1, 0.15) is 5.56 Å². The molecule has 2 aromatic heterocycles. The fourth-order valence-corrected chi connectivity index (χ4v) is 2.97. The van der Waals surface area contributed by atoms with Gasteiger partial charge in [0.05, 0.1) is 28.4 Å². The van der Waals surface area contributed by atoms with Crippen molar-refractivity contribution in [1.29, 1.82) is 0 Å². The number of hydrogen-bond acceptors (Lipinski definition) is 2. The quantitative estimate of drug-likeness (QED) is 0.538. The fraction of sp³-hybridized carbons (Fsp3) is 0.176. The van der Waals surface area contributed by atoms with Crippen LogP contribution in [0.5, 0.6) is 0 Å². The highest BCUT2D eigenvalue weighted by Crippen LogP contribution is 2.32. The number of halogens is 1. The van der Waals surface area contributed by atoms with Crippen molar-refractivity contribution in [1.82, 2.24) is 19.1 Å². The lowest BCUT2D eigenvalue weighted by molar-refractivity contribution is 0.630. The second-order valence-electron chi connectivity index (χ2n) is 5.58. The molecule has 0 unspecified atom stereocenters. The number of rotatable bonds is 1. The van der Waals surface area contributed by atoms with Gasteiger partial charge in [-0.25, -0.2) is 14.4 Å². The van der Waals surface area contributed by atoms with Crippen LogP contribution in [-0.4, -0.2) is 19.1 Å². The summed E-state index contributed by atoms with van der Waals surface area (Å²) >= 11 is 0. The van der Waals surface area contributed by atoms with Crippen LogP contribution in [0, 0.1) is 12.7 Å². The predicted octanol–water partition coefficient (Wildman–Crippen LogP) is 3.57. The highest BCUT2D eigenvalue weighted by Gasteiger charge is 2.19. The van der Waals surface area contributed by atoms with Crippen LogP contribution >= 0.6 is 0 Å². The average molecular weight is 294 g/mol. The molecule has 0 saturated heterocycles. The van der Waals surface area contributed by atoms with Crippen molar-refractivity contribution in [2.24, 2.45) is 14.1 Å². The van der Waals surface area contributed by atoms with Gasteiger partial charge in [0.25, 0.3) is 0 Å². The van der Waals surface area contributed by atoms with E-state index in [1.54, 1.807) is 12.4 Å². The summed E-state index contributed by atoms with van der Waals surface area (Å²) in [5, 5.41) is 0. The van der Waals surface area contributed by atoms with Gasteiger partial charge in [-0.05, 0) is 30.7 Å². The van der Waals surface area contributed by atoms with Gasteiger partial charge in [-0.15, -0.1) is 0 Å². The third-order valence-corrected chi connectivity index (χ3v) is 4.18. The number of aromatic nitrogens is 4. The molecular weight excluding hydrogens is 279 g/mol. The number of para-hydroxylation sites is 1. The molecule has 2 heterocycles. The Balaban J connectivity index is 2.14. The van der Waals surface area contributed by atoms with Crippen LogP contribution in [0.25, 0.3) is 33.5 Å². The molecule has 4 nitrogen and oxygen atoms in total. The van der Waals surface area contributed by atoms with Crippen LogP contribution in [0.4, 0.5) is 4.39 Å². The van der Waals surface area contributed by atoms with Gasteiger partial charge in [-0.3, -0.25) is 0 Å². The summed E-state index contributed by atoms with van der Waals surface area (Å²) in [6, 6.07) is 9.22. The molecule has 0 saturated carbocycles. The van der Waals surface area contributed by atoms with Gasteiger partial charge in [-0.2, -0.15) is 0 Å². The molecule has 0 amide bonds. The predicted molar refractivity (Wildman–Crippen MR) is 85.1 cm³/mol. The van der Waals surface area contributed by atoms with Crippen molar-refractivity contribution in [3.8, 4) is 11.4 Å². The standard InChI is InChI=1S/C17H15FN4/c1-10-5-4-6-13-15(10)20-17(22(13)3)14-11(18)7-8-12-16(14)19-9-21(12)2/h4-9H,1-3H3. The summed E-state index contributed by atoms with van der Waals surface area (Å²) in [4.78, 5) is 9.03. The Hall–Kier alpha value is -2.69. The second-order valence-corrected chi connectivity index (χ2v) is 5.58. The van der Waals surface area contributed by atoms with E-state index in [4.69, 9.17) is 0 Å². The highest BCUT2D eigenvalue weighted by molar-refractivity contribution is 5.93. The maximum absolute atomic E-state index is 14.5. The number of imidazole rings is 2. The Bertz CT molecular complexity index is 1030. The number of benzene rings is 2. The van der Waals surface area contributed by atoms with Crippen LogP contribution in [0.15, 0.2) is 36.7 Å².